The van der Waals surface area contributed by atoms with Gasteiger partial charge in [0, 0.05) is 53.6 Å². The van der Waals surface area contributed by atoms with E-state index in [1.165, 1.54) is 4.90 Å². The Kier molecular flexibility index (Phi) is 38.9. The second-order valence-electron chi connectivity index (χ2n) is 12.7. The molecule has 14 nitrogen and oxygen atoms in total. The third kappa shape index (κ3) is 24.3. The van der Waals surface area contributed by atoms with Gasteiger partial charge in [-0.05, 0) is 43.8 Å². The number of carboxylic acids is 2. The third-order valence-corrected chi connectivity index (χ3v) is 8.25. The Bertz CT molecular complexity index is 2180. The van der Waals surface area contributed by atoms with Crippen molar-refractivity contribution >= 4 is 104 Å². The van der Waals surface area contributed by atoms with Crippen molar-refractivity contribution in [2.45, 2.75) is 39.5 Å². The molecule has 0 radical (unpaired) electrons. The van der Waals surface area contributed by atoms with Crippen LogP contribution in [-0.2, 0) is 47.1 Å². The molecule has 0 fully saturated rings. The third-order valence-electron chi connectivity index (χ3n) is 8.25. The molecule has 0 unspecified atom stereocenters. The van der Waals surface area contributed by atoms with Crippen LogP contribution in [0.4, 0.5) is 11.4 Å². The van der Waals surface area contributed by atoms with E-state index in [-0.39, 0.29) is 31.3 Å². The van der Waals surface area contributed by atoms with Gasteiger partial charge in [-0.2, -0.15) is 18.4 Å². The number of pyridine rings is 2. The molecule has 0 atom stereocenters. The van der Waals surface area contributed by atoms with Gasteiger partial charge < -0.3 is 66.6 Å². The van der Waals surface area contributed by atoms with Gasteiger partial charge >= 0.3 is 62.4 Å². The summed E-state index contributed by atoms with van der Waals surface area (Å²) in [5.74, 6) is -2.02. The van der Waals surface area contributed by atoms with Crippen molar-refractivity contribution in [2.24, 2.45) is 0 Å². The van der Waals surface area contributed by atoms with E-state index in [2.05, 4.69) is 58.6 Å². The summed E-state index contributed by atoms with van der Waals surface area (Å²) < 4.78 is 0. The number of benzene rings is 4. The molecule has 6 N–H and O–H groups in total. The van der Waals surface area contributed by atoms with Crippen LogP contribution in [0.1, 0.15) is 39.5 Å². The van der Waals surface area contributed by atoms with E-state index in [4.69, 9.17) is 21.8 Å². The number of nitrogens with one attached hydrogen (secondary N) is 5. The normalized spacial score (nSPS) is 9.46. The molecular formula is C46H57Cl3N10O4Pt2-6. The van der Waals surface area contributed by atoms with Crippen LogP contribution in [0.3, 0.4) is 0 Å². The molecule has 0 amide bonds. The van der Waals surface area contributed by atoms with Crippen LogP contribution in [0.15, 0.2) is 97.1 Å². The molecule has 2 aromatic heterocycles. The summed E-state index contributed by atoms with van der Waals surface area (Å²) in [7, 11) is 9.22. The van der Waals surface area contributed by atoms with Gasteiger partial charge in [-0.1, -0.05) is 92.5 Å². The molecule has 0 saturated heterocycles. The van der Waals surface area contributed by atoms with Crippen molar-refractivity contribution in [3.63, 3.8) is 0 Å². The Labute approximate surface area is 420 Å². The van der Waals surface area contributed by atoms with Crippen molar-refractivity contribution in [2.75, 3.05) is 63.0 Å². The number of halogens is 3. The summed E-state index contributed by atoms with van der Waals surface area (Å²) in [5, 5.41) is 50.9. The fraction of sp³-hybridized carbons (Fsp3) is 0.304. The topological polar surface area (TPSA) is 236 Å². The predicted molar refractivity (Wildman–Crippen MR) is 264 cm³/mol. The van der Waals surface area contributed by atoms with Gasteiger partial charge in [0.1, 0.15) is 0 Å². The number of aromatic nitrogens is 2. The summed E-state index contributed by atoms with van der Waals surface area (Å²) in [5.41, 5.74) is 18.4. The zero-order valence-electron chi connectivity index (χ0n) is 36.3. The molecule has 0 aliphatic rings. The Morgan fingerprint density at radius 1 is 0.754 bits per heavy atom. The number of amidine groups is 1. The summed E-state index contributed by atoms with van der Waals surface area (Å²) >= 11 is 3.22. The summed E-state index contributed by atoms with van der Waals surface area (Å²) in [6, 6.07) is 33.7. The molecule has 362 valence electrons. The number of carbonyl (C=O) groups is 2. The van der Waals surface area contributed by atoms with Crippen molar-refractivity contribution < 1.29 is 57.3 Å². The quantitative estimate of drug-likeness (QED) is 0.0248. The van der Waals surface area contributed by atoms with Gasteiger partial charge in [0.05, 0.1) is 46.1 Å². The van der Waals surface area contributed by atoms with Crippen LogP contribution in [0.2, 0.25) is 0 Å². The maximum atomic E-state index is 10.9. The zero-order valence-corrected chi connectivity index (χ0v) is 43.2. The first-order valence-corrected chi connectivity index (χ1v) is 25.7. The molecule has 4 aromatic carbocycles. The average molecular weight is 1310 g/mol. The van der Waals surface area contributed by atoms with Crippen LogP contribution in [0.5, 0.6) is 0 Å². The molecule has 0 aliphatic carbocycles. The summed E-state index contributed by atoms with van der Waals surface area (Å²) in [4.78, 5) is 32.2. The first-order chi connectivity index (χ1) is 31.1. The number of fused-ring (bicyclic) bond motifs is 4. The van der Waals surface area contributed by atoms with E-state index in [9.17, 15) is 20.1 Å². The molecule has 19 heteroatoms. The second-order valence-corrected chi connectivity index (χ2v) is 12.7. The van der Waals surface area contributed by atoms with E-state index in [0.29, 0.717) is 52.1 Å². The number of nitriles is 1. The zero-order chi connectivity index (χ0) is 48.1. The number of carbonyl (C=O) groups excluding carboxylic acids is 1. The van der Waals surface area contributed by atoms with Crippen molar-refractivity contribution in [1.82, 2.24) is 20.2 Å². The molecule has 65 heavy (non-hydrogen) atoms. The monoisotopic (exact) mass is 1310 g/mol. The molecule has 0 bridgehead atoms. The number of anilines is 2. The summed E-state index contributed by atoms with van der Waals surface area (Å²) in [6.07, 6.45) is 2.47. The van der Waals surface area contributed by atoms with Gasteiger partial charge in [-0.25, -0.2) is 22.8 Å². The van der Waals surface area contributed by atoms with Gasteiger partial charge in [0.25, 0.3) is 0 Å². The number of nitrogens with zero attached hydrogens (tertiary/aromatic N) is 5. The van der Waals surface area contributed by atoms with Gasteiger partial charge in [-0.3, -0.25) is 4.79 Å². The SMILES string of the molecule is CCC#N.CCC(=[N-])N(CCNc1c2ccccc2nc2ccccc12)CC(=O)[O-].Cl.O=C(O)CNCCNc1c2ccccc2nc2ccccc12.[CH2-]CC[NH-].[CH2-]CC[NH-].[Cl][Pt].[Cl][Pt]. The standard InChI is InChI=1S/C20H21N4O2.C17H17N3O2.2C3H7N.C3H5N.3ClH.2Pt/c1-2-18(21)24(13-19(25)26)12-11-22-20-14-7-3-5-9-16(14)23-17-10-6-4-8-15(17)20;21-16(22)11-18-9-10-19-17-12-5-1-3-7-14(12)20-15-8-4-2-6-13(15)17;3*1-2-3-4;;;;;/h3-10H,2,11-13H2,1H3,(H,22,23)(H,25,26);1-8,18H,9-11H2,(H,19,20)(H,21,22);2*4H,1-3H2;2H2,1H3;3*1H;;/q-1;;2*-2;;;;;2*+1/p-3. The number of aliphatic carboxylic acids is 2. The maximum absolute atomic E-state index is 10.9. The van der Waals surface area contributed by atoms with Gasteiger partial charge in [0.15, 0.2) is 0 Å². The van der Waals surface area contributed by atoms with E-state index < -0.39 is 11.9 Å². The van der Waals surface area contributed by atoms with Crippen LogP contribution < -0.4 is 21.1 Å². The van der Waals surface area contributed by atoms with Crippen LogP contribution >= 0.6 is 31.2 Å². The first-order valence-electron chi connectivity index (χ1n) is 20.0. The van der Waals surface area contributed by atoms with Gasteiger partial charge in [0.2, 0.25) is 0 Å². The van der Waals surface area contributed by atoms with Crippen molar-refractivity contribution in [3.8, 4) is 6.07 Å². The van der Waals surface area contributed by atoms with Crippen LogP contribution in [-0.4, -0.2) is 90.1 Å². The fourth-order valence-corrected chi connectivity index (χ4v) is 5.53. The molecule has 6 rings (SSSR count). The average Bonchev–Trinajstić information content (AvgIpc) is 3.34. The fourth-order valence-electron chi connectivity index (χ4n) is 5.53. The Balaban J connectivity index is 0. The number of hydrogen-bond acceptors (Lipinski definition) is 9. The molecule has 0 spiro atoms. The van der Waals surface area contributed by atoms with E-state index in [0.717, 1.165) is 67.8 Å². The molecule has 0 aliphatic heterocycles. The Morgan fingerprint density at radius 3 is 1.38 bits per heavy atom. The van der Waals surface area contributed by atoms with Crippen molar-refractivity contribution in [1.29, 1.82) is 5.26 Å². The second kappa shape index (κ2) is 40.1. The van der Waals surface area contributed by atoms with Crippen LogP contribution in [0.25, 0.3) is 60.5 Å². The number of para-hydroxylation sites is 4. The van der Waals surface area contributed by atoms with Crippen LogP contribution in [0, 0.1) is 25.2 Å². The van der Waals surface area contributed by atoms with Crippen molar-refractivity contribution in [3.05, 3.63) is 128 Å². The number of rotatable bonds is 15. The number of hydrogen-bond donors (Lipinski definition) is 4. The Hall–Kier alpha value is -4.15. The number of carboxylic acid groups (broad SMARTS) is 2. The minimum absolute atomic E-state index is 0. The molecule has 6 aromatic rings. The van der Waals surface area contributed by atoms with E-state index >= 15 is 0 Å². The van der Waals surface area contributed by atoms with Gasteiger partial charge in [-0.15, -0.1) is 12.4 Å². The minimum atomic E-state index is -1.22. The molecule has 2 heterocycles. The van der Waals surface area contributed by atoms with E-state index in [1.54, 1.807) is 44.5 Å². The first kappa shape index (κ1) is 62.9. The molecule has 0 saturated carbocycles. The Morgan fingerprint density at radius 2 is 1.09 bits per heavy atom. The predicted octanol–water partition coefficient (Wildman–Crippen LogP) is 9.95. The van der Waals surface area contributed by atoms with E-state index in [1.807, 2.05) is 110 Å². The molecular weight excluding hydrogens is 1250 g/mol. The summed E-state index contributed by atoms with van der Waals surface area (Å²) in [6.45, 7) is 13.0.